The highest BCUT2D eigenvalue weighted by Gasteiger charge is 2.25. The standard InChI is InChI=1S/C21H23N3O2/c1-13-7-5-9-16(22-13)19-18(23-20(24-19)21(2,3)4)14-8-6-10-17-15(14)11-25-12-26-17/h5-10H,11-12H2,1-4H3,(H,23,24). The highest BCUT2D eigenvalue weighted by atomic mass is 16.7. The number of imidazole rings is 1. The molecular formula is C21H23N3O2. The SMILES string of the molecule is Cc1cccc(-c2[nH]c(C(C)(C)C)nc2-c2cccc3c2COCO3)n1. The minimum absolute atomic E-state index is 0.0985. The van der Waals surface area contributed by atoms with Crippen LogP contribution in [0.5, 0.6) is 5.75 Å². The van der Waals surface area contributed by atoms with E-state index in [0.29, 0.717) is 6.61 Å². The molecule has 1 aromatic carbocycles. The predicted molar refractivity (Wildman–Crippen MR) is 101 cm³/mol. The zero-order valence-corrected chi connectivity index (χ0v) is 15.6. The highest BCUT2D eigenvalue weighted by Crippen LogP contribution is 2.38. The number of aromatic nitrogens is 3. The number of pyridine rings is 1. The maximum Gasteiger partial charge on any atom is 0.189 e. The quantitative estimate of drug-likeness (QED) is 0.734. The number of ether oxygens (including phenoxy) is 2. The third kappa shape index (κ3) is 2.99. The van der Waals surface area contributed by atoms with Crippen LogP contribution >= 0.6 is 0 Å². The Labute approximate surface area is 153 Å². The van der Waals surface area contributed by atoms with Gasteiger partial charge in [-0.2, -0.15) is 0 Å². The number of rotatable bonds is 2. The highest BCUT2D eigenvalue weighted by molar-refractivity contribution is 5.80. The number of hydrogen-bond donors (Lipinski definition) is 1. The Bertz CT molecular complexity index is 954. The third-order valence-electron chi connectivity index (χ3n) is 4.49. The molecule has 5 heteroatoms. The molecule has 1 N–H and O–H groups in total. The molecule has 2 aromatic heterocycles. The van der Waals surface area contributed by atoms with E-state index in [-0.39, 0.29) is 12.2 Å². The molecule has 26 heavy (non-hydrogen) atoms. The van der Waals surface area contributed by atoms with Crippen molar-refractivity contribution in [1.29, 1.82) is 0 Å². The van der Waals surface area contributed by atoms with Crippen LogP contribution in [0.1, 0.15) is 37.9 Å². The van der Waals surface area contributed by atoms with Crippen molar-refractivity contribution in [2.24, 2.45) is 0 Å². The van der Waals surface area contributed by atoms with Gasteiger partial charge in [0, 0.05) is 22.2 Å². The predicted octanol–water partition coefficient (Wildman–Crippen LogP) is 4.61. The molecule has 0 unspecified atom stereocenters. The number of benzene rings is 1. The number of fused-ring (bicyclic) bond motifs is 1. The molecule has 0 aliphatic carbocycles. The molecule has 0 saturated carbocycles. The molecule has 0 saturated heterocycles. The van der Waals surface area contributed by atoms with Crippen LogP contribution in [0.25, 0.3) is 22.6 Å². The number of hydrogen-bond acceptors (Lipinski definition) is 4. The monoisotopic (exact) mass is 349 g/mol. The summed E-state index contributed by atoms with van der Waals surface area (Å²) in [7, 11) is 0. The Kier molecular flexibility index (Phi) is 4.04. The third-order valence-corrected chi connectivity index (χ3v) is 4.49. The van der Waals surface area contributed by atoms with Gasteiger partial charge in [0.2, 0.25) is 0 Å². The summed E-state index contributed by atoms with van der Waals surface area (Å²) >= 11 is 0. The summed E-state index contributed by atoms with van der Waals surface area (Å²) in [5, 5.41) is 0. The maximum absolute atomic E-state index is 5.65. The van der Waals surface area contributed by atoms with Crippen molar-refractivity contribution in [2.75, 3.05) is 6.79 Å². The van der Waals surface area contributed by atoms with E-state index in [1.165, 1.54) is 0 Å². The second-order valence-corrected chi connectivity index (χ2v) is 7.62. The summed E-state index contributed by atoms with van der Waals surface area (Å²) in [4.78, 5) is 13.2. The van der Waals surface area contributed by atoms with Crippen LogP contribution in [0.15, 0.2) is 36.4 Å². The fraction of sp³-hybridized carbons (Fsp3) is 0.333. The molecule has 1 aliphatic heterocycles. The normalized spacial score (nSPS) is 14.0. The van der Waals surface area contributed by atoms with E-state index >= 15 is 0 Å². The van der Waals surface area contributed by atoms with Gasteiger partial charge in [-0.05, 0) is 25.1 Å². The van der Waals surface area contributed by atoms with Gasteiger partial charge >= 0.3 is 0 Å². The van der Waals surface area contributed by atoms with Crippen LogP contribution in [0, 0.1) is 6.92 Å². The molecule has 0 fully saturated rings. The van der Waals surface area contributed by atoms with E-state index in [0.717, 1.165) is 45.5 Å². The Morgan fingerprint density at radius 3 is 2.62 bits per heavy atom. The maximum atomic E-state index is 5.65. The van der Waals surface area contributed by atoms with Gasteiger partial charge in [0.25, 0.3) is 0 Å². The first-order chi connectivity index (χ1) is 12.4. The van der Waals surface area contributed by atoms with Crippen molar-refractivity contribution in [3.63, 3.8) is 0 Å². The summed E-state index contributed by atoms with van der Waals surface area (Å²) in [6.07, 6.45) is 0. The summed E-state index contributed by atoms with van der Waals surface area (Å²) < 4.78 is 11.2. The first-order valence-electron chi connectivity index (χ1n) is 8.81. The van der Waals surface area contributed by atoms with Gasteiger partial charge in [0.15, 0.2) is 6.79 Å². The van der Waals surface area contributed by atoms with E-state index in [4.69, 9.17) is 19.4 Å². The van der Waals surface area contributed by atoms with Crippen LogP contribution in [0.4, 0.5) is 0 Å². The van der Waals surface area contributed by atoms with E-state index in [1.807, 2.05) is 37.3 Å². The minimum atomic E-state index is -0.0985. The van der Waals surface area contributed by atoms with Crippen molar-refractivity contribution in [3.8, 4) is 28.4 Å². The number of aryl methyl sites for hydroxylation is 1. The zero-order chi connectivity index (χ0) is 18.3. The summed E-state index contributed by atoms with van der Waals surface area (Å²) in [6, 6.07) is 12.1. The number of aromatic amines is 1. The lowest BCUT2D eigenvalue weighted by Gasteiger charge is -2.20. The van der Waals surface area contributed by atoms with Gasteiger partial charge in [-0.25, -0.2) is 4.98 Å². The second-order valence-electron chi connectivity index (χ2n) is 7.62. The van der Waals surface area contributed by atoms with Crippen molar-refractivity contribution in [2.45, 2.75) is 39.7 Å². The Morgan fingerprint density at radius 1 is 1.04 bits per heavy atom. The van der Waals surface area contributed by atoms with Crippen molar-refractivity contribution >= 4 is 0 Å². The summed E-state index contributed by atoms with van der Waals surface area (Å²) in [5.41, 5.74) is 5.63. The molecule has 3 heterocycles. The lowest BCUT2D eigenvalue weighted by molar-refractivity contribution is -0.0160. The Balaban J connectivity index is 1.95. The summed E-state index contributed by atoms with van der Waals surface area (Å²) in [5.74, 6) is 1.79. The van der Waals surface area contributed by atoms with Gasteiger partial charge < -0.3 is 14.5 Å². The van der Waals surface area contributed by atoms with E-state index in [2.05, 4.69) is 31.8 Å². The number of nitrogens with one attached hydrogen (secondary N) is 1. The smallest absolute Gasteiger partial charge is 0.189 e. The Morgan fingerprint density at radius 2 is 1.85 bits per heavy atom. The lowest BCUT2D eigenvalue weighted by atomic mass is 9.96. The number of H-pyrrole nitrogens is 1. The van der Waals surface area contributed by atoms with Gasteiger partial charge in [0.1, 0.15) is 11.6 Å². The van der Waals surface area contributed by atoms with E-state index in [9.17, 15) is 0 Å². The first-order valence-corrected chi connectivity index (χ1v) is 8.81. The van der Waals surface area contributed by atoms with Gasteiger partial charge in [-0.3, -0.25) is 4.98 Å². The van der Waals surface area contributed by atoms with E-state index < -0.39 is 0 Å². The molecule has 0 radical (unpaired) electrons. The van der Waals surface area contributed by atoms with E-state index in [1.54, 1.807) is 0 Å². The minimum Gasteiger partial charge on any atom is -0.467 e. The van der Waals surface area contributed by atoms with Crippen molar-refractivity contribution in [3.05, 3.63) is 53.5 Å². The average molecular weight is 349 g/mol. The molecule has 5 nitrogen and oxygen atoms in total. The van der Waals surface area contributed by atoms with Crippen LogP contribution in [0.3, 0.4) is 0 Å². The van der Waals surface area contributed by atoms with Crippen LogP contribution in [0.2, 0.25) is 0 Å². The molecule has 0 amide bonds. The average Bonchev–Trinajstić information content (AvgIpc) is 3.07. The number of nitrogens with zero attached hydrogens (tertiary/aromatic N) is 2. The molecule has 0 bridgehead atoms. The molecule has 3 aromatic rings. The first kappa shape index (κ1) is 16.8. The molecule has 0 atom stereocenters. The molecule has 1 aliphatic rings. The largest absolute Gasteiger partial charge is 0.467 e. The molecule has 4 rings (SSSR count). The van der Waals surface area contributed by atoms with Crippen LogP contribution in [-0.4, -0.2) is 21.7 Å². The lowest BCUT2D eigenvalue weighted by Crippen LogP contribution is -2.13. The fourth-order valence-electron chi connectivity index (χ4n) is 3.11. The second kappa shape index (κ2) is 6.25. The van der Waals surface area contributed by atoms with Gasteiger partial charge in [0.05, 0.1) is 23.7 Å². The van der Waals surface area contributed by atoms with Crippen molar-refractivity contribution in [1.82, 2.24) is 15.0 Å². The fourth-order valence-corrected chi connectivity index (χ4v) is 3.11. The zero-order valence-electron chi connectivity index (χ0n) is 15.6. The Hall–Kier alpha value is -2.66. The molecule has 0 spiro atoms. The topological polar surface area (TPSA) is 60.0 Å². The van der Waals surface area contributed by atoms with Gasteiger partial charge in [-0.15, -0.1) is 0 Å². The van der Waals surface area contributed by atoms with Crippen LogP contribution < -0.4 is 4.74 Å². The van der Waals surface area contributed by atoms with Crippen molar-refractivity contribution < 1.29 is 9.47 Å². The molecule has 134 valence electrons. The van der Waals surface area contributed by atoms with Gasteiger partial charge in [-0.1, -0.05) is 39.0 Å². The van der Waals surface area contributed by atoms with Crippen LogP contribution in [-0.2, 0) is 16.8 Å². The summed E-state index contributed by atoms with van der Waals surface area (Å²) in [6.45, 7) is 9.25. The molecular weight excluding hydrogens is 326 g/mol.